The van der Waals surface area contributed by atoms with Gasteiger partial charge in [-0.15, -0.1) is 21.5 Å². The quantitative estimate of drug-likeness (QED) is 0.680. The summed E-state index contributed by atoms with van der Waals surface area (Å²) in [4.78, 5) is 13.4. The minimum Gasteiger partial charge on any atom is -0.416 e. The highest BCUT2D eigenvalue weighted by atomic mass is 32.2. The number of hydrogen-bond acceptors (Lipinski definition) is 9. The van der Waals surface area contributed by atoms with Crippen molar-refractivity contribution in [1.29, 1.82) is 5.26 Å². The monoisotopic (exact) mass is 438 g/mol. The van der Waals surface area contributed by atoms with Gasteiger partial charge in [-0.05, 0) is 37.2 Å². The summed E-state index contributed by atoms with van der Waals surface area (Å²) in [7, 11) is -2.93. The number of nitriles is 1. The van der Waals surface area contributed by atoms with E-state index in [-0.39, 0.29) is 34.3 Å². The molecule has 0 bridgehead atoms. The number of anilines is 1. The Morgan fingerprint density at radius 2 is 2.25 bits per heavy atom. The molecule has 1 atom stereocenters. The van der Waals surface area contributed by atoms with Crippen LogP contribution in [0.1, 0.15) is 34.7 Å². The van der Waals surface area contributed by atoms with Gasteiger partial charge in [0.05, 0.1) is 22.8 Å². The fourth-order valence-electron chi connectivity index (χ4n) is 3.56. The molecule has 4 rings (SSSR count). The van der Waals surface area contributed by atoms with Crippen molar-refractivity contribution in [3.8, 4) is 6.07 Å². The van der Waals surface area contributed by atoms with Gasteiger partial charge in [0.15, 0.2) is 9.84 Å². The van der Waals surface area contributed by atoms with Gasteiger partial charge in [0.25, 0.3) is 5.22 Å². The fraction of sp³-hybridized carbons (Fsp3) is 0.529. The van der Waals surface area contributed by atoms with E-state index in [1.165, 1.54) is 16.2 Å². The highest BCUT2D eigenvalue weighted by molar-refractivity contribution is 7.99. The molecule has 0 spiro atoms. The van der Waals surface area contributed by atoms with Crippen LogP contribution in [-0.4, -0.2) is 41.8 Å². The number of carbonyl (C=O) groups is 1. The van der Waals surface area contributed by atoms with E-state index in [4.69, 9.17) is 4.42 Å². The Labute approximate surface area is 170 Å². The Morgan fingerprint density at radius 3 is 3.00 bits per heavy atom. The van der Waals surface area contributed by atoms with Crippen molar-refractivity contribution in [3.05, 3.63) is 21.9 Å². The van der Waals surface area contributed by atoms with Gasteiger partial charge in [-0.2, -0.15) is 5.26 Å². The molecule has 3 heterocycles. The summed E-state index contributed by atoms with van der Waals surface area (Å²) < 4.78 is 28.6. The van der Waals surface area contributed by atoms with Crippen LogP contribution in [0, 0.1) is 17.2 Å². The van der Waals surface area contributed by atoms with Crippen LogP contribution in [0.5, 0.6) is 0 Å². The van der Waals surface area contributed by atoms with Gasteiger partial charge in [-0.1, -0.05) is 11.8 Å². The molecule has 1 aliphatic heterocycles. The normalized spacial score (nSPS) is 20.0. The summed E-state index contributed by atoms with van der Waals surface area (Å²) in [6.45, 7) is 0. The van der Waals surface area contributed by atoms with Crippen LogP contribution in [0.4, 0.5) is 5.00 Å². The predicted octanol–water partition coefficient (Wildman–Crippen LogP) is 2.20. The SMILES string of the molecule is N#Cc1c(NC(=O)CSc2nnc(C[C@@H]3CCS(=O)(=O)C3)o2)sc2c1CCC2. The first-order chi connectivity index (χ1) is 13.4. The zero-order valence-electron chi connectivity index (χ0n) is 14.9. The summed E-state index contributed by atoms with van der Waals surface area (Å²) >= 11 is 2.60. The zero-order valence-corrected chi connectivity index (χ0v) is 17.4. The van der Waals surface area contributed by atoms with Gasteiger partial charge in [-0.25, -0.2) is 8.42 Å². The maximum Gasteiger partial charge on any atom is 0.277 e. The summed E-state index contributed by atoms with van der Waals surface area (Å²) in [5.41, 5.74) is 1.66. The first-order valence-corrected chi connectivity index (χ1v) is 12.6. The highest BCUT2D eigenvalue weighted by Gasteiger charge is 2.29. The molecule has 1 saturated heterocycles. The molecule has 0 aromatic carbocycles. The van der Waals surface area contributed by atoms with E-state index < -0.39 is 9.84 Å². The third kappa shape index (κ3) is 4.24. The lowest BCUT2D eigenvalue weighted by Crippen LogP contribution is -2.14. The Kier molecular flexibility index (Phi) is 5.44. The maximum atomic E-state index is 12.2. The van der Waals surface area contributed by atoms with E-state index in [2.05, 4.69) is 21.6 Å². The molecular weight excluding hydrogens is 420 g/mol. The summed E-state index contributed by atoms with van der Waals surface area (Å²) in [6, 6.07) is 2.20. The van der Waals surface area contributed by atoms with Crippen LogP contribution >= 0.6 is 23.1 Å². The van der Waals surface area contributed by atoms with Crippen molar-refractivity contribution < 1.29 is 17.6 Å². The molecule has 1 aliphatic carbocycles. The molecule has 1 amide bonds. The highest BCUT2D eigenvalue weighted by Crippen LogP contribution is 2.38. The van der Waals surface area contributed by atoms with Crippen LogP contribution in [0.2, 0.25) is 0 Å². The fourth-order valence-corrected chi connectivity index (χ4v) is 7.26. The maximum absolute atomic E-state index is 12.2. The van der Waals surface area contributed by atoms with Crippen molar-refractivity contribution in [2.24, 2.45) is 5.92 Å². The van der Waals surface area contributed by atoms with Gasteiger partial charge in [0, 0.05) is 11.3 Å². The minimum atomic E-state index is -2.93. The second-order valence-corrected chi connectivity index (χ2v) is 11.2. The number of nitrogens with one attached hydrogen (secondary N) is 1. The van der Waals surface area contributed by atoms with Gasteiger partial charge < -0.3 is 9.73 Å². The number of sulfone groups is 1. The van der Waals surface area contributed by atoms with Crippen LogP contribution in [0.15, 0.2) is 9.64 Å². The number of rotatable bonds is 6. The average molecular weight is 439 g/mol. The third-order valence-corrected chi connectivity index (χ3v) is 8.71. The van der Waals surface area contributed by atoms with Gasteiger partial charge in [-0.3, -0.25) is 4.79 Å². The third-order valence-electron chi connectivity index (χ3n) is 4.85. The molecule has 0 radical (unpaired) electrons. The van der Waals surface area contributed by atoms with Gasteiger partial charge in [0.1, 0.15) is 11.1 Å². The number of hydrogen-bond donors (Lipinski definition) is 1. The molecule has 0 unspecified atom stereocenters. The summed E-state index contributed by atoms with van der Waals surface area (Å²) in [5.74, 6) is 0.634. The number of carbonyl (C=O) groups excluding carboxylic acids is 1. The standard InChI is InChI=1S/C17H18N4O4S3/c18-7-12-11-2-1-3-13(11)27-16(12)19-14(22)8-26-17-21-20-15(25-17)6-10-4-5-28(23,24)9-10/h10H,1-6,8-9H2,(H,19,22)/t10-/m0/s1. The number of thiophene rings is 1. The molecule has 2 aromatic rings. The average Bonchev–Trinajstić information content (AvgIpc) is 3.38. The van der Waals surface area contributed by atoms with Crippen LogP contribution in [0.3, 0.4) is 0 Å². The van der Waals surface area contributed by atoms with Crippen molar-refractivity contribution in [2.45, 2.75) is 37.3 Å². The first kappa shape index (κ1) is 19.4. The summed E-state index contributed by atoms with van der Waals surface area (Å²) in [6.07, 6.45) is 3.97. The van der Waals surface area contributed by atoms with Gasteiger partial charge in [0.2, 0.25) is 11.8 Å². The van der Waals surface area contributed by atoms with Crippen molar-refractivity contribution in [2.75, 3.05) is 22.6 Å². The molecule has 2 aromatic heterocycles. The van der Waals surface area contributed by atoms with Crippen LogP contribution in [-0.2, 0) is 33.9 Å². The van der Waals surface area contributed by atoms with Crippen LogP contribution < -0.4 is 5.32 Å². The van der Waals surface area contributed by atoms with Crippen molar-refractivity contribution in [3.63, 3.8) is 0 Å². The van der Waals surface area contributed by atoms with Gasteiger partial charge >= 0.3 is 0 Å². The Hall–Kier alpha value is -1.90. The van der Waals surface area contributed by atoms with E-state index in [1.807, 2.05) is 0 Å². The molecule has 148 valence electrons. The largest absolute Gasteiger partial charge is 0.416 e. The molecule has 2 aliphatic rings. The predicted molar refractivity (Wildman–Crippen MR) is 105 cm³/mol. The van der Waals surface area contributed by atoms with E-state index in [0.717, 1.165) is 36.6 Å². The summed E-state index contributed by atoms with van der Waals surface area (Å²) in [5, 5.41) is 20.9. The van der Waals surface area contributed by atoms with E-state index >= 15 is 0 Å². The Bertz CT molecular complexity index is 1050. The smallest absolute Gasteiger partial charge is 0.277 e. The Balaban J connectivity index is 1.30. The first-order valence-electron chi connectivity index (χ1n) is 8.93. The number of aryl methyl sites for hydroxylation is 1. The minimum absolute atomic E-state index is 0.0109. The number of thioether (sulfide) groups is 1. The topological polar surface area (TPSA) is 126 Å². The lowest BCUT2D eigenvalue weighted by Gasteiger charge is -2.03. The number of nitrogens with zero attached hydrogens (tertiary/aromatic N) is 3. The molecule has 8 nitrogen and oxygen atoms in total. The zero-order chi connectivity index (χ0) is 19.7. The van der Waals surface area contributed by atoms with Crippen LogP contribution in [0.25, 0.3) is 0 Å². The molecule has 1 fully saturated rings. The molecular formula is C17H18N4O4S3. The number of amides is 1. The molecule has 11 heteroatoms. The lowest BCUT2D eigenvalue weighted by atomic mass is 10.1. The second kappa shape index (κ2) is 7.85. The Morgan fingerprint density at radius 1 is 1.39 bits per heavy atom. The molecule has 1 N–H and O–H groups in total. The number of fused-ring (bicyclic) bond motifs is 1. The lowest BCUT2D eigenvalue weighted by molar-refractivity contribution is -0.113. The van der Waals surface area contributed by atoms with Crippen molar-refractivity contribution in [1.82, 2.24) is 10.2 Å². The van der Waals surface area contributed by atoms with E-state index in [9.17, 15) is 18.5 Å². The van der Waals surface area contributed by atoms with E-state index in [0.29, 0.717) is 29.3 Å². The number of aromatic nitrogens is 2. The van der Waals surface area contributed by atoms with E-state index in [1.54, 1.807) is 0 Å². The molecule has 0 saturated carbocycles. The second-order valence-electron chi connectivity index (χ2n) is 6.95. The molecule has 28 heavy (non-hydrogen) atoms. The van der Waals surface area contributed by atoms with Crippen molar-refractivity contribution >= 4 is 43.8 Å².